The van der Waals surface area contributed by atoms with E-state index in [9.17, 15) is 9.59 Å². The third kappa shape index (κ3) is 3.64. The van der Waals surface area contributed by atoms with Gasteiger partial charge in [0.2, 0.25) is 0 Å². The van der Waals surface area contributed by atoms with Crippen LogP contribution >= 0.6 is 27.5 Å². The zero-order valence-electron chi connectivity index (χ0n) is 13.9. The Labute approximate surface area is 153 Å². The molecular formula is C16H18BrN3O3S. The maximum absolute atomic E-state index is 13.1. The zero-order chi connectivity index (χ0) is 17.9. The van der Waals surface area contributed by atoms with Crippen LogP contribution in [0.1, 0.15) is 34.8 Å². The van der Waals surface area contributed by atoms with Crippen molar-refractivity contribution in [1.82, 2.24) is 9.59 Å². The minimum absolute atomic E-state index is 0.301. The standard InChI is InChI=1S/C16H18BrN3O3S/c1-5-12-14(24-19-18-12)15(21)20(10(3)16(22)23-4)13-7-6-11(17)8-9(13)2/h6-8,10H,5H2,1-4H3. The smallest absolute Gasteiger partial charge is 0.328 e. The van der Waals surface area contributed by atoms with Gasteiger partial charge in [0, 0.05) is 10.2 Å². The lowest BCUT2D eigenvalue weighted by Crippen LogP contribution is -2.44. The number of nitrogens with zero attached hydrogens (tertiary/aromatic N) is 3. The van der Waals surface area contributed by atoms with Crippen LogP contribution in [0.3, 0.4) is 0 Å². The zero-order valence-corrected chi connectivity index (χ0v) is 16.3. The molecule has 1 heterocycles. The molecule has 0 aliphatic rings. The van der Waals surface area contributed by atoms with Gasteiger partial charge in [0.25, 0.3) is 5.91 Å². The molecule has 0 fully saturated rings. The Hall–Kier alpha value is -1.80. The first-order valence-corrected chi connectivity index (χ1v) is 8.96. The molecule has 0 bridgehead atoms. The van der Waals surface area contributed by atoms with E-state index in [-0.39, 0.29) is 5.91 Å². The summed E-state index contributed by atoms with van der Waals surface area (Å²) in [6.45, 7) is 5.44. The fourth-order valence-corrected chi connectivity index (χ4v) is 3.53. The van der Waals surface area contributed by atoms with Crippen LogP contribution in [-0.4, -0.2) is 34.6 Å². The SMILES string of the molecule is CCc1nnsc1C(=O)N(c1ccc(Br)cc1C)C(C)C(=O)OC. The van der Waals surface area contributed by atoms with E-state index in [0.29, 0.717) is 22.7 Å². The maximum atomic E-state index is 13.1. The Bertz CT molecular complexity index is 763. The van der Waals surface area contributed by atoms with Gasteiger partial charge in [-0.25, -0.2) is 4.79 Å². The number of carbonyl (C=O) groups is 2. The molecule has 0 radical (unpaired) electrons. The maximum Gasteiger partial charge on any atom is 0.328 e. The van der Waals surface area contributed by atoms with Gasteiger partial charge in [0.15, 0.2) is 0 Å². The second-order valence-electron chi connectivity index (χ2n) is 5.21. The van der Waals surface area contributed by atoms with Gasteiger partial charge in [-0.3, -0.25) is 9.69 Å². The van der Waals surface area contributed by atoms with Crippen molar-refractivity contribution in [3.8, 4) is 0 Å². The highest BCUT2D eigenvalue weighted by Gasteiger charge is 2.32. The summed E-state index contributed by atoms with van der Waals surface area (Å²) in [5.74, 6) is -0.786. The molecule has 0 saturated heterocycles. The van der Waals surface area contributed by atoms with Crippen molar-refractivity contribution in [1.29, 1.82) is 0 Å². The number of hydrogen-bond acceptors (Lipinski definition) is 6. The van der Waals surface area contributed by atoms with E-state index in [0.717, 1.165) is 21.6 Å². The van der Waals surface area contributed by atoms with Gasteiger partial charge in [0.1, 0.15) is 10.9 Å². The Kier molecular flexibility index (Phi) is 6.06. The molecule has 0 saturated carbocycles. The fourth-order valence-electron chi connectivity index (χ4n) is 2.37. The molecule has 8 heteroatoms. The summed E-state index contributed by atoms with van der Waals surface area (Å²) < 4.78 is 9.60. The number of benzene rings is 1. The average Bonchev–Trinajstić information content (AvgIpc) is 3.04. The van der Waals surface area contributed by atoms with E-state index in [1.807, 2.05) is 26.0 Å². The monoisotopic (exact) mass is 411 g/mol. The number of halogens is 1. The van der Waals surface area contributed by atoms with Gasteiger partial charge in [-0.2, -0.15) is 0 Å². The fraction of sp³-hybridized carbons (Fsp3) is 0.375. The van der Waals surface area contributed by atoms with Crippen molar-refractivity contribution in [2.45, 2.75) is 33.2 Å². The average molecular weight is 412 g/mol. The Morgan fingerprint density at radius 2 is 2.12 bits per heavy atom. The van der Waals surface area contributed by atoms with E-state index in [2.05, 4.69) is 25.5 Å². The number of amides is 1. The van der Waals surface area contributed by atoms with Crippen LogP contribution < -0.4 is 4.90 Å². The number of hydrogen-bond donors (Lipinski definition) is 0. The topological polar surface area (TPSA) is 72.4 Å². The number of anilines is 1. The molecule has 0 aliphatic carbocycles. The Morgan fingerprint density at radius 3 is 2.71 bits per heavy atom. The summed E-state index contributed by atoms with van der Waals surface area (Å²) in [4.78, 5) is 27.1. The molecule has 6 nitrogen and oxygen atoms in total. The summed E-state index contributed by atoms with van der Waals surface area (Å²) in [7, 11) is 1.31. The molecule has 0 aliphatic heterocycles. The molecule has 1 aromatic carbocycles. The molecule has 0 spiro atoms. The lowest BCUT2D eigenvalue weighted by Gasteiger charge is -2.28. The summed E-state index contributed by atoms with van der Waals surface area (Å²) in [5, 5.41) is 3.99. The molecule has 1 amide bonds. The van der Waals surface area contributed by atoms with Gasteiger partial charge < -0.3 is 4.74 Å². The number of aryl methyl sites for hydroxylation is 2. The number of ether oxygens (including phenoxy) is 1. The summed E-state index contributed by atoms with van der Waals surface area (Å²) in [5.41, 5.74) is 2.14. The number of methoxy groups -OCH3 is 1. The van der Waals surface area contributed by atoms with Crippen LogP contribution in [0.4, 0.5) is 5.69 Å². The van der Waals surface area contributed by atoms with Crippen molar-refractivity contribution >= 4 is 45.0 Å². The highest BCUT2D eigenvalue weighted by atomic mass is 79.9. The number of aromatic nitrogens is 2. The first kappa shape index (κ1) is 18.5. The molecule has 24 heavy (non-hydrogen) atoms. The van der Waals surface area contributed by atoms with Crippen LogP contribution in [0.25, 0.3) is 0 Å². The minimum atomic E-state index is -0.769. The molecule has 128 valence electrons. The summed E-state index contributed by atoms with van der Waals surface area (Å²) in [6.07, 6.45) is 0.595. The van der Waals surface area contributed by atoms with Crippen molar-refractivity contribution in [2.75, 3.05) is 12.0 Å². The third-order valence-electron chi connectivity index (χ3n) is 3.65. The first-order chi connectivity index (χ1) is 11.4. The molecule has 1 aromatic heterocycles. The third-order valence-corrected chi connectivity index (χ3v) is 4.90. The predicted octanol–water partition coefficient (Wildman–Crippen LogP) is 3.38. The lowest BCUT2D eigenvalue weighted by molar-refractivity contribution is -0.141. The van der Waals surface area contributed by atoms with E-state index >= 15 is 0 Å². The molecule has 1 atom stereocenters. The lowest BCUT2D eigenvalue weighted by atomic mass is 10.1. The minimum Gasteiger partial charge on any atom is -0.467 e. The highest BCUT2D eigenvalue weighted by Crippen LogP contribution is 2.28. The molecular weight excluding hydrogens is 394 g/mol. The van der Waals surface area contributed by atoms with Crippen LogP contribution in [0.2, 0.25) is 0 Å². The van der Waals surface area contributed by atoms with Crippen molar-refractivity contribution in [3.05, 3.63) is 38.8 Å². The van der Waals surface area contributed by atoms with Crippen molar-refractivity contribution in [3.63, 3.8) is 0 Å². The Balaban J connectivity index is 2.54. The van der Waals surface area contributed by atoms with Crippen LogP contribution in [0.15, 0.2) is 22.7 Å². The van der Waals surface area contributed by atoms with Crippen molar-refractivity contribution in [2.24, 2.45) is 0 Å². The van der Waals surface area contributed by atoms with Gasteiger partial charge in [0.05, 0.1) is 12.8 Å². The van der Waals surface area contributed by atoms with Gasteiger partial charge in [-0.1, -0.05) is 27.3 Å². The predicted molar refractivity (Wildman–Crippen MR) is 96.5 cm³/mol. The van der Waals surface area contributed by atoms with Crippen molar-refractivity contribution < 1.29 is 14.3 Å². The second kappa shape index (κ2) is 7.85. The van der Waals surface area contributed by atoms with Crippen LogP contribution in [0, 0.1) is 6.92 Å². The number of esters is 1. The van der Waals surface area contributed by atoms with Crippen LogP contribution in [-0.2, 0) is 16.0 Å². The quantitative estimate of drug-likeness (QED) is 0.705. The normalized spacial score (nSPS) is 11.9. The molecule has 1 unspecified atom stereocenters. The Morgan fingerprint density at radius 1 is 1.42 bits per heavy atom. The van der Waals surface area contributed by atoms with E-state index in [4.69, 9.17) is 4.74 Å². The van der Waals surface area contributed by atoms with Crippen LogP contribution in [0.5, 0.6) is 0 Å². The molecule has 0 N–H and O–H groups in total. The summed E-state index contributed by atoms with van der Waals surface area (Å²) in [6, 6.07) is 4.76. The van der Waals surface area contributed by atoms with Gasteiger partial charge in [-0.15, -0.1) is 5.10 Å². The highest BCUT2D eigenvalue weighted by molar-refractivity contribution is 9.10. The van der Waals surface area contributed by atoms with E-state index in [1.54, 1.807) is 13.0 Å². The largest absolute Gasteiger partial charge is 0.467 e. The number of rotatable bonds is 5. The van der Waals surface area contributed by atoms with Gasteiger partial charge >= 0.3 is 5.97 Å². The number of carbonyl (C=O) groups excluding carboxylic acids is 2. The summed E-state index contributed by atoms with van der Waals surface area (Å²) >= 11 is 4.45. The van der Waals surface area contributed by atoms with Gasteiger partial charge in [-0.05, 0) is 55.6 Å². The molecule has 2 aromatic rings. The van der Waals surface area contributed by atoms with E-state index in [1.165, 1.54) is 12.0 Å². The molecule has 2 rings (SSSR count). The van der Waals surface area contributed by atoms with E-state index < -0.39 is 12.0 Å². The second-order valence-corrected chi connectivity index (χ2v) is 6.88. The first-order valence-electron chi connectivity index (χ1n) is 7.39.